The Morgan fingerprint density at radius 2 is 2.06 bits per heavy atom. The Morgan fingerprint density at radius 1 is 1.38 bits per heavy atom. The van der Waals surface area contributed by atoms with Crippen LogP contribution >= 0.6 is 0 Å². The van der Waals surface area contributed by atoms with Gasteiger partial charge in [-0.15, -0.1) is 0 Å². The number of nitrogens with zero attached hydrogens (tertiary/aromatic N) is 3. The molecule has 0 aliphatic rings. The maximum absolute atomic E-state index is 10.8. The van der Waals surface area contributed by atoms with Gasteiger partial charge in [0.15, 0.2) is 5.65 Å². The maximum Gasteiger partial charge on any atom is 0.338 e. The molecule has 0 aliphatic carbocycles. The summed E-state index contributed by atoms with van der Waals surface area (Å²) in [6, 6.07) is 0. The lowest BCUT2D eigenvalue weighted by molar-refractivity contribution is 0.0695. The van der Waals surface area contributed by atoms with E-state index in [0.29, 0.717) is 5.65 Å². The van der Waals surface area contributed by atoms with Crippen molar-refractivity contribution in [2.24, 2.45) is 0 Å². The van der Waals surface area contributed by atoms with Gasteiger partial charge in [0.1, 0.15) is 0 Å². The van der Waals surface area contributed by atoms with Crippen LogP contribution in [0.1, 0.15) is 36.7 Å². The molecule has 0 bridgehead atoms. The lowest BCUT2D eigenvalue weighted by Crippen LogP contribution is -2.11. The van der Waals surface area contributed by atoms with Crippen molar-refractivity contribution in [2.75, 3.05) is 0 Å². The SMILES string of the molecule is CC(C)(C)c1cnn2cc(C(=O)O)cnc12. The van der Waals surface area contributed by atoms with Crippen LogP contribution in [-0.2, 0) is 5.41 Å². The molecule has 0 spiro atoms. The van der Waals surface area contributed by atoms with E-state index < -0.39 is 5.97 Å². The third kappa shape index (κ3) is 1.64. The number of rotatable bonds is 1. The molecule has 2 heterocycles. The molecule has 0 fully saturated rings. The Labute approximate surface area is 92.7 Å². The van der Waals surface area contributed by atoms with E-state index in [0.717, 1.165) is 5.56 Å². The van der Waals surface area contributed by atoms with Crippen LogP contribution in [0.3, 0.4) is 0 Å². The molecule has 0 aromatic carbocycles. The second-order valence-corrected chi connectivity index (χ2v) is 4.72. The predicted octanol–water partition coefficient (Wildman–Crippen LogP) is 1.72. The molecule has 2 aromatic rings. The van der Waals surface area contributed by atoms with Crippen molar-refractivity contribution in [3.05, 3.63) is 29.7 Å². The quantitative estimate of drug-likeness (QED) is 0.793. The Kier molecular flexibility index (Phi) is 2.18. The first-order valence-electron chi connectivity index (χ1n) is 4.97. The van der Waals surface area contributed by atoms with Crippen molar-refractivity contribution in [3.63, 3.8) is 0 Å². The van der Waals surface area contributed by atoms with E-state index >= 15 is 0 Å². The van der Waals surface area contributed by atoms with Crippen LogP contribution < -0.4 is 0 Å². The fourth-order valence-corrected chi connectivity index (χ4v) is 1.51. The molecule has 5 nitrogen and oxygen atoms in total. The van der Waals surface area contributed by atoms with Crippen molar-refractivity contribution in [1.82, 2.24) is 14.6 Å². The summed E-state index contributed by atoms with van der Waals surface area (Å²) < 4.78 is 1.50. The largest absolute Gasteiger partial charge is 0.478 e. The van der Waals surface area contributed by atoms with Crippen molar-refractivity contribution in [1.29, 1.82) is 0 Å². The van der Waals surface area contributed by atoms with Crippen molar-refractivity contribution >= 4 is 11.6 Å². The van der Waals surface area contributed by atoms with Gasteiger partial charge in [0, 0.05) is 18.0 Å². The Bertz CT molecular complexity index is 552. The summed E-state index contributed by atoms with van der Waals surface area (Å²) >= 11 is 0. The van der Waals surface area contributed by atoms with Gasteiger partial charge in [-0.05, 0) is 5.41 Å². The van der Waals surface area contributed by atoms with Gasteiger partial charge in [-0.1, -0.05) is 20.8 Å². The molecule has 2 aromatic heterocycles. The van der Waals surface area contributed by atoms with E-state index in [1.165, 1.54) is 16.9 Å². The van der Waals surface area contributed by atoms with Crippen molar-refractivity contribution in [2.45, 2.75) is 26.2 Å². The van der Waals surface area contributed by atoms with E-state index in [1.807, 2.05) is 0 Å². The zero-order valence-electron chi connectivity index (χ0n) is 9.43. The second kappa shape index (κ2) is 3.30. The topological polar surface area (TPSA) is 67.5 Å². The monoisotopic (exact) mass is 219 g/mol. The van der Waals surface area contributed by atoms with Crippen LogP contribution in [0.15, 0.2) is 18.6 Å². The Balaban J connectivity index is 2.64. The van der Waals surface area contributed by atoms with Gasteiger partial charge in [-0.3, -0.25) is 0 Å². The minimum absolute atomic E-state index is 0.0561. The number of carboxylic acids is 1. The molecule has 84 valence electrons. The number of aromatic nitrogens is 3. The average Bonchev–Trinajstić information content (AvgIpc) is 2.58. The molecular formula is C11H13N3O2. The number of fused-ring (bicyclic) bond motifs is 1. The van der Waals surface area contributed by atoms with E-state index in [9.17, 15) is 4.79 Å². The standard InChI is InChI=1S/C11H13N3O2/c1-11(2,3)8-5-13-14-6-7(10(15)16)4-12-9(8)14/h4-6H,1-3H3,(H,15,16). The molecule has 0 saturated carbocycles. The molecular weight excluding hydrogens is 206 g/mol. The minimum Gasteiger partial charge on any atom is -0.478 e. The molecule has 5 heteroatoms. The molecule has 0 unspecified atom stereocenters. The van der Waals surface area contributed by atoms with Gasteiger partial charge in [0.25, 0.3) is 0 Å². The van der Waals surface area contributed by atoms with Gasteiger partial charge >= 0.3 is 5.97 Å². The number of hydrogen-bond donors (Lipinski definition) is 1. The maximum atomic E-state index is 10.8. The summed E-state index contributed by atoms with van der Waals surface area (Å²) in [5.41, 5.74) is 1.79. The van der Waals surface area contributed by atoms with Gasteiger partial charge in [0.05, 0.1) is 11.8 Å². The van der Waals surface area contributed by atoms with E-state index in [1.54, 1.807) is 6.20 Å². The lowest BCUT2D eigenvalue weighted by Gasteiger charge is -2.15. The Morgan fingerprint density at radius 3 is 2.62 bits per heavy atom. The van der Waals surface area contributed by atoms with Gasteiger partial charge in [-0.25, -0.2) is 14.3 Å². The fourth-order valence-electron chi connectivity index (χ4n) is 1.51. The summed E-state index contributed by atoms with van der Waals surface area (Å²) in [5, 5.41) is 12.9. The van der Waals surface area contributed by atoms with Crippen LogP contribution in [0.2, 0.25) is 0 Å². The highest BCUT2D eigenvalue weighted by atomic mass is 16.4. The molecule has 0 amide bonds. The summed E-state index contributed by atoms with van der Waals surface area (Å²) in [6.45, 7) is 6.20. The number of carbonyl (C=O) groups is 1. The summed E-state index contributed by atoms with van der Waals surface area (Å²) in [4.78, 5) is 14.9. The average molecular weight is 219 g/mol. The van der Waals surface area contributed by atoms with Crippen molar-refractivity contribution < 1.29 is 9.90 Å². The molecule has 0 aliphatic heterocycles. The van der Waals surface area contributed by atoms with Gasteiger partial charge in [0.2, 0.25) is 0 Å². The summed E-state index contributed by atoms with van der Waals surface area (Å²) in [6.07, 6.45) is 4.56. The van der Waals surface area contributed by atoms with Gasteiger partial charge in [-0.2, -0.15) is 5.10 Å². The van der Waals surface area contributed by atoms with Crippen LogP contribution in [0, 0.1) is 0 Å². The summed E-state index contributed by atoms with van der Waals surface area (Å²) in [5.74, 6) is -0.998. The summed E-state index contributed by atoms with van der Waals surface area (Å²) in [7, 11) is 0. The normalized spacial score (nSPS) is 11.9. The van der Waals surface area contributed by atoms with Crippen LogP contribution in [0.5, 0.6) is 0 Å². The smallest absolute Gasteiger partial charge is 0.338 e. The lowest BCUT2D eigenvalue weighted by atomic mass is 9.89. The highest BCUT2D eigenvalue weighted by molar-refractivity contribution is 5.87. The Hall–Kier alpha value is -1.91. The third-order valence-corrected chi connectivity index (χ3v) is 2.41. The zero-order valence-corrected chi connectivity index (χ0v) is 9.43. The molecule has 0 saturated heterocycles. The fraction of sp³-hybridized carbons (Fsp3) is 0.364. The number of aromatic carboxylic acids is 1. The van der Waals surface area contributed by atoms with Crippen molar-refractivity contribution in [3.8, 4) is 0 Å². The highest BCUT2D eigenvalue weighted by Crippen LogP contribution is 2.25. The first kappa shape index (κ1) is 10.6. The van der Waals surface area contributed by atoms with E-state index in [2.05, 4.69) is 30.9 Å². The second-order valence-electron chi connectivity index (χ2n) is 4.72. The first-order valence-corrected chi connectivity index (χ1v) is 4.97. The van der Waals surface area contributed by atoms with Crippen LogP contribution in [-0.4, -0.2) is 25.7 Å². The number of carboxylic acid groups (broad SMARTS) is 1. The van der Waals surface area contributed by atoms with E-state index in [-0.39, 0.29) is 11.0 Å². The first-order chi connectivity index (χ1) is 7.39. The third-order valence-electron chi connectivity index (χ3n) is 2.41. The molecule has 0 radical (unpaired) electrons. The molecule has 0 atom stereocenters. The highest BCUT2D eigenvalue weighted by Gasteiger charge is 2.20. The molecule has 16 heavy (non-hydrogen) atoms. The predicted molar refractivity (Wildman–Crippen MR) is 58.6 cm³/mol. The van der Waals surface area contributed by atoms with Crippen LogP contribution in [0.25, 0.3) is 5.65 Å². The minimum atomic E-state index is -0.998. The molecule has 2 rings (SSSR count). The van der Waals surface area contributed by atoms with E-state index in [4.69, 9.17) is 5.11 Å². The zero-order chi connectivity index (χ0) is 11.9. The molecule has 1 N–H and O–H groups in total. The number of hydrogen-bond acceptors (Lipinski definition) is 3. The van der Waals surface area contributed by atoms with Gasteiger partial charge < -0.3 is 5.11 Å². The van der Waals surface area contributed by atoms with Crippen LogP contribution in [0.4, 0.5) is 0 Å².